The van der Waals surface area contributed by atoms with Crippen LogP contribution in [0.15, 0.2) is 23.4 Å². The van der Waals surface area contributed by atoms with Crippen molar-refractivity contribution in [1.29, 1.82) is 0 Å². The number of rotatable bonds is 2. The maximum absolute atomic E-state index is 5.72. The predicted molar refractivity (Wildman–Crippen MR) is 64.0 cm³/mol. The second-order valence-corrected chi connectivity index (χ2v) is 5.28. The number of nitrogens with zero attached hydrogens (tertiary/aromatic N) is 1. The predicted octanol–water partition coefficient (Wildman–Crippen LogP) is 2.79. The third-order valence-electron chi connectivity index (χ3n) is 2.81. The van der Waals surface area contributed by atoms with Gasteiger partial charge in [0.25, 0.3) is 0 Å². The molecule has 0 saturated heterocycles. The first-order chi connectivity index (χ1) is 7.31. The average molecular weight is 219 g/mol. The lowest BCUT2D eigenvalue weighted by Gasteiger charge is -2.22. The van der Waals surface area contributed by atoms with E-state index in [4.69, 9.17) is 5.73 Å². The molecule has 78 valence electrons. The van der Waals surface area contributed by atoms with Crippen molar-refractivity contribution in [1.82, 2.24) is 9.97 Å². The molecule has 3 N–H and O–H groups in total. The first-order valence-corrected chi connectivity index (χ1v) is 6.11. The molecular formula is C11H13N3S. The van der Waals surface area contributed by atoms with Gasteiger partial charge < -0.3 is 10.7 Å². The lowest BCUT2D eigenvalue weighted by Crippen LogP contribution is -2.12. The normalized spacial score (nSPS) is 16.8. The van der Waals surface area contributed by atoms with E-state index < -0.39 is 0 Å². The molecule has 0 atom stereocenters. The van der Waals surface area contributed by atoms with Crippen LogP contribution in [0.4, 0.5) is 5.69 Å². The topological polar surface area (TPSA) is 54.7 Å². The Bertz CT molecular complexity index is 488. The first-order valence-electron chi connectivity index (χ1n) is 5.23. The van der Waals surface area contributed by atoms with Crippen molar-refractivity contribution in [3.05, 3.63) is 18.2 Å². The van der Waals surface area contributed by atoms with Crippen molar-refractivity contribution in [2.24, 2.45) is 0 Å². The SMILES string of the molecule is Nc1ccc2nc(SC3CCC3)[nH]c2c1. The Kier molecular flexibility index (Phi) is 2.09. The van der Waals surface area contributed by atoms with Crippen LogP contribution in [0, 0.1) is 0 Å². The molecule has 3 nitrogen and oxygen atoms in total. The Balaban J connectivity index is 1.91. The number of nitrogen functional groups attached to an aromatic ring is 1. The average Bonchev–Trinajstić information content (AvgIpc) is 2.53. The summed E-state index contributed by atoms with van der Waals surface area (Å²) < 4.78 is 0. The van der Waals surface area contributed by atoms with E-state index in [0.29, 0.717) is 0 Å². The third-order valence-corrected chi connectivity index (χ3v) is 4.04. The van der Waals surface area contributed by atoms with Gasteiger partial charge in [0.15, 0.2) is 5.16 Å². The van der Waals surface area contributed by atoms with Crippen LogP contribution in [0.2, 0.25) is 0 Å². The molecule has 0 unspecified atom stereocenters. The number of aromatic amines is 1. The van der Waals surface area contributed by atoms with Crippen molar-refractivity contribution < 1.29 is 0 Å². The fourth-order valence-electron chi connectivity index (χ4n) is 1.71. The lowest BCUT2D eigenvalue weighted by atomic mass is 10.0. The molecule has 15 heavy (non-hydrogen) atoms. The molecule has 2 aromatic rings. The monoisotopic (exact) mass is 219 g/mol. The van der Waals surface area contributed by atoms with Gasteiger partial charge in [0, 0.05) is 10.9 Å². The van der Waals surface area contributed by atoms with Gasteiger partial charge in [-0.3, -0.25) is 0 Å². The van der Waals surface area contributed by atoms with Crippen LogP contribution in [-0.4, -0.2) is 15.2 Å². The van der Waals surface area contributed by atoms with Crippen LogP contribution in [0.25, 0.3) is 11.0 Å². The number of hydrogen-bond acceptors (Lipinski definition) is 3. The molecule has 0 spiro atoms. The smallest absolute Gasteiger partial charge is 0.166 e. The standard InChI is InChI=1S/C11H13N3S/c12-7-4-5-9-10(6-7)14-11(13-9)15-8-2-1-3-8/h4-6,8H,1-3,12H2,(H,13,14). The van der Waals surface area contributed by atoms with Gasteiger partial charge in [-0.05, 0) is 31.0 Å². The van der Waals surface area contributed by atoms with Gasteiger partial charge in [0.2, 0.25) is 0 Å². The number of aromatic nitrogens is 2. The summed E-state index contributed by atoms with van der Waals surface area (Å²) in [5, 5.41) is 1.79. The van der Waals surface area contributed by atoms with E-state index in [2.05, 4.69) is 9.97 Å². The molecule has 0 amide bonds. The summed E-state index contributed by atoms with van der Waals surface area (Å²) in [6, 6.07) is 5.79. The van der Waals surface area contributed by atoms with E-state index in [9.17, 15) is 0 Å². The van der Waals surface area contributed by atoms with Crippen molar-refractivity contribution in [2.75, 3.05) is 5.73 Å². The van der Waals surface area contributed by atoms with E-state index >= 15 is 0 Å². The number of hydrogen-bond donors (Lipinski definition) is 2. The van der Waals surface area contributed by atoms with E-state index in [-0.39, 0.29) is 0 Å². The number of imidazole rings is 1. The van der Waals surface area contributed by atoms with Gasteiger partial charge in [-0.1, -0.05) is 18.2 Å². The zero-order valence-electron chi connectivity index (χ0n) is 8.36. The maximum atomic E-state index is 5.72. The minimum atomic E-state index is 0.767. The highest BCUT2D eigenvalue weighted by Crippen LogP contribution is 2.35. The fourth-order valence-corrected chi connectivity index (χ4v) is 2.91. The van der Waals surface area contributed by atoms with Gasteiger partial charge in [0.05, 0.1) is 11.0 Å². The molecule has 0 aliphatic heterocycles. The summed E-state index contributed by atoms with van der Waals surface area (Å²) in [6.45, 7) is 0. The molecule has 1 aromatic heterocycles. The molecule has 3 rings (SSSR count). The van der Waals surface area contributed by atoms with Crippen LogP contribution in [0.1, 0.15) is 19.3 Å². The number of H-pyrrole nitrogens is 1. The Hall–Kier alpha value is -1.16. The van der Waals surface area contributed by atoms with Gasteiger partial charge in [0.1, 0.15) is 0 Å². The van der Waals surface area contributed by atoms with E-state index in [1.165, 1.54) is 19.3 Å². The summed E-state index contributed by atoms with van der Waals surface area (Å²) in [7, 11) is 0. The summed E-state index contributed by atoms with van der Waals surface area (Å²) in [5.74, 6) is 0. The van der Waals surface area contributed by atoms with Gasteiger partial charge in [-0.25, -0.2) is 4.98 Å². The third kappa shape index (κ3) is 1.69. The molecule has 1 fully saturated rings. The Morgan fingerprint density at radius 3 is 3.00 bits per heavy atom. The summed E-state index contributed by atoms with van der Waals surface area (Å²) in [6.07, 6.45) is 4.01. The maximum Gasteiger partial charge on any atom is 0.166 e. The molecular weight excluding hydrogens is 206 g/mol. The largest absolute Gasteiger partial charge is 0.399 e. The second kappa shape index (κ2) is 3.45. The van der Waals surface area contributed by atoms with Crippen LogP contribution in [0.5, 0.6) is 0 Å². The van der Waals surface area contributed by atoms with Crippen LogP contribution in [-0.2, 0) is 0 Å². The molecule has 1 aromatic carbocycles. The summed E-state index contributed by atoms with van der Waals surface area (Å²) in [5.41, 5.74) is 8.55. The summed E-state index contributed by atoms with van der Waals surface area (Å²) >= 11 is 1.85. The van der Waals surface area contributed by atoms with Crippen molar-refractivity contribution in [3.63, 3.8) is 0 Å². The number of fused-ring (bicyclic) bond motifs is 1. The lowest BCUT2D eigenvalue weighted by molar-refractivity contribution is 0.521. The number of nitrogens with two attached hydrogens (primary N) is 1. The van der Waals surface area contributed by atoms with Crippen molar-refractivity contribution >= 4 is 28.5 Å². The molecule has 1 aliphatic carbocycles. The van der Waals surface area contributed by atoms with Crippen molar-refractivity contribution in [2.45, 2.75) is 29.7 Å². The van der Waals surface area contributed by atoms with E-state index in [1.54, 1.807) is 0 Å². The molecule has 1 heterocycles. The minimum absolute atomic E-state index is 0.767. The number of anilines is 1. The fraction of sp³-hybridized carbons (Fsp3) is 0.364. The van der Waals surface area contributed by atoms with Crippen LogP contribution >= 0.6 is 11.8 Å². The highest BCUT2D eigenvalue weighted by Gasteiger charge is 2.20. The second-order valence-electron chi connectivity index (χ2n) is 3.99. The molecule has 4 heteroatoms. The molecule has 0 radical (unpaired) electrons. The van der Waals surface area contributed by atoms with Gasteiger partial charge in [-0.15, -0.1) is 0 Å². The molecule has 1 saturated carbocycles. The Morgan fingerprint density at radius 2 is 2.27 bits per heavy atom. The van der Waals surface area contributed by atoms with E-state index in [0.717, 1.165) is 27.1 Å². The first kappa shape index (κ1) is 9.09. The molecule has 1 aliphatic rings. The number of thioether (sulfide) groups is 1. The van der Waals surface area contributed by atoms with Crippen LogP contribution in [0.3, 0.4) is 0 Å². The Morgan fingerprint density at radius 1 is 1.40 bits per heavy atom. The van der Waals surface area contributed by atoms with Gasteiger partial charge >= 0.3 is 0 Å². The van der Waals surface area contributed by atoms with Crippen molar-refractivity contribution in [3.8, 4) is 0 Å². The highest BCUT2D eigenvalue weighted by atomic mass is 32.2. The minimum Gasteiger partial charge on any atom is -0.399 e. The zero-order valence-corrected chi connectivity index (χ0v) is 9.18. The van der Waals surface area contributed by atoms with E-state index in [1.807, 2.05) is 30.0 Å². The summed E-state index contributed by atoms with van der Waals surface area (Å²) in [4.78, 5) is 7.83. The zero-order chi connectivity index (χ0) is 10.3. The highest BCUT2D eigenvalue weighted by molar-refractivity contribution is 7.99. The molecule has 0 bridgehead atoms. The number of nitrogens with one attached hydrogen (secondary N) is 1. The number of benzene rings is 1. The quantitative estimate of drug-likeness (QED) is 0.764. The van der Waals surface area contributed by atoms with Gasteiger partial charge in [-0.2, -0.15) is 0 Å². The Labute approximate surface area is 92.5 Å². The van der Waals surface area contributed by atoms with Crippen LogP contribution < -0.4 is 5.73 Å².